The van der Waals surface area contributed by atoms with Gasteiger partial charge in [0.15, 0.2) is 4.34 Å². The molecule has 0 aliphatic rings. The van der Waals surface area contributed by atoms with Gasteiger partial charge in [-0.1, -0.05) is 61.2 Å². The number of benzene rings is 1. The van der Waals surface area contributed by atoms with Gasteiger partial charge in [-0.2, -0.15) is 0 Å². The van der Waals surface area contributed by atoms with E-state index in [9.17, 15) is 4.79 Å². The van der Waals surface area contributed by atoms with Gasteiger partial charge in [-0.25, -0.2) is 0 Å². The number of carbonyl (C=O) groups is 1. The van der Waals surface area contributed by atoms with Crippen molar-refractivity contribution in [3.8, 4) is 0 Å². The largest absolute Gasteiger partial charge is 0.383 e. The van der Waals surface area contributed by atoms with Crippen LogP contribution >= 0.6 is 23.1 Å². The van der Waals surface area contributed by atoms with Crippen LogP contribution in [-0.2, 0) is 16.0 Å². The van der Waals surface area contributed by atoms with Gasteiger partial charge in [0.25, 0.3) is 0 Å². The Hall–Kier alpha value is -1.64. The average molecular weight is 409 g/mol. The van der Waals surface area contributed by atoms with Crippen molar-refractivity contribution in [2.45, 2.75) is 37.6 Å². The van der Waals surface area contributed by atoms with Crippen molar-refractivity contribution in [1.82, 2.24) is 15.5 Å². The maximum atomic E-state index is 12.2. The number of ether oxygens (including phenoxy) is 1. The van der Waals surface area contributed by atoms with Crippen molar-refractivity contribution >= 4 is 34.1 Å². The Morgan fingerprint density at radius 1 is 1.22 bits per heavy atom. The molecule has 0 spiro atoms. The maximum Gasteiger partial charge on any atom is 0.230 e. The van der Waals surface area contributed by atoms with E-state index in [1.54, 1.807) is 7.11 Å². The summed E-state index contributed by atoms with van der Waals surface area (Å²) in [6.07, 6.45) is 1.07. The van der Waals surface area contributed by atoms with Crippen LogP contribution in [0.4, 0.5) is 5.13 Å². The first-order valence-electron chi connectivity index (χ1n) is 9.05. The molecule has 1 aromatic heterocycles. The maximum absolute atomic E-state index is 12.2. The molecule has 2 rings (SSSR count). The fourth-order valence-electron chi connectivity index (χ4n) is 2.51. The van der Waals surface area contributed by atoms with Gasteiger partial charge in [-0.05, 0) is 30.4 Å². The predicted molar refractivity (Wildman–Crippen MR) is 113 cm³/mol. The molecule has 1 amide bonds. The van der Waals surface area contributed by atoms with Crippen LogP contribution in [0.1, 0.15) is 37.9 Å². The lowest BCUT2D eigenvalue weighted by Gasteiger charge is -2.15. The zero-order chi connectivity index (χ0) is 19.6. The quantitative estimate of drug-likeness (QED) is 0.435. The minimum Gasteiger partial charge on any atom is -0.383 e. The summed E-state index contributed by atoms with van der Waals surface area (Å²) in [7, 11) is 1.66. The summed E-state index contributed by atoms with van der Waals surface area (Å²) in [5, 5.41) is 15.0. The van der Waals surface area contributed by atoms with E-state index in [4.69, 9.17) is 4.74 Å². The van der Waals surface area contributed by atoms with Gasteiger partial charge in [-0.15, -0.1) is 10.2 Å². The predicted octanol–water partition coefficient (Wildman–Crippen LogP) is 3.76. The van der Waals surface area contributed by atoms with E-state index in [2.05, 4.69) is 58.9 Å². The molecule has 0 radical (unpaired) electrons. The molecule has 6 nitrogen and oxygen atoms in total. The number of nitrogens with one attached hydrogen (secondary N) is 2. The Kier molecular flexibility index (Phi) is 9.03. The molecule has 1 heterocycles. The Balaban J connectivity index is 1.76. The van der Waals surface area contributed by atoms with Crippen LogP contribution < -0.4 is 10.6 Å². The third kappa shape index (κ3) is 7.86. The number of amides is 1. The molecule has 148 valence electrons. The summed E-state index contributed by atoms with van der Waals surface area (Å²) in [4.78, 5) is 12.2. The van der Waals surface area contributed by atoms with E-state index in [0.29, 0.717) is 24.8 Å². The number of rotatable bonds is 11. The topological polar surface area (TPSA) is 76.1 Å². The van der Waals surface area contributed by atoms with Crippen molar-refractivity contribution in [3.05, 3.63) is 35.4 Å². The SMILES string of the molecule is COCCNc1nnc(SCC(=O)NC(C)c2ccc(CC(C)C)cc2)s1. The second-order valence-corrected chi connectivity index (χ2v) is 8.91. The van der Waals surface area contributed by atoms with E-state index in [1.165, 1.54) is 28.7 Å². The highest BCUT2D eigenvalue weighted by molar-refractivity contribution is 8.01. The van der Waals surface area contributed by atoms with E-state index in [0.717, 1.165) is 21.5 Å². The minimum absolute atomic E-state index is 0.0113. The monoisotopic (exact) mass is 408 g/mol. The lowest BCUT2D eigenvalue weighted by molar-refractivity contribution is -0.119. The number of carbonyl (C=O) groups excluding carboxylic acids is 1. The molecular formula is C19H28N4O2S2. The van der Waals surface area contributed by atoms with Crippen LogP contribution in [0.3, 0.4) is 0 Å². The van der Waals surface area contributed by atoms with Gasteiger partial charge in [-0.3, -0.25) is 4.79 Å². The third-order valence-corrected chi connectivity index (χ3v) is 5.83. The first-order chi connectivity index (χ1) is 13.0. The summed E-state index contributed by atoms with van der Waals surface area (Å²) in [5.74, 6) is 0.951. The molecule has 0 fully saturated rings. The smallest absolute Gasteiger partial charge is 0.230 e. The molecule has 8 heteroatoms. The van der Waals surface area contributed by atoms with Gasteiger partial charge in [0, 0.05) is 13.7 Å². The van der Waals surface area contributed by atoms with Gasteiger partial charge in [0.1, 0.15) is 0 Å². The van der Waals surface area contributed by atoms with Crippen LogP contribution in [0, 0.1) is 5.92 Å². The lowest BCUT2D eigenvalue weighted by Crippen LogP contribution is -2.28. The van der Waals surface area contributed by atoms with Crippen molar-refractivity contribution < 1.29 is 9.53 Å². The molecule has 0 aliphatic heterocycles. The fraction of sp³-hybridized carbons (Fsp3) is 0.526. The Bertz CT molecular complexity index is 704. The van der Waals surface area contributed by atoms with Crippen LogP contribution in [0.5, 0.6) is 0 Å². The van der Waals surface area contributed by atoms with Gasteiger partial charge in [0.2, 0.25) is 11.0 Å². The highest BCUT2D eigenvalue weighted by Gasteiger charge is 2.12. The molecule has 1 unspecified atom stereocenters. The Morgan fingerprint density at radius 3 is 2.63 bits per heavy atom. The molecule has 0 aliphatic carbocycles. The van der Waals surface area contributed by atoms with Gasteiger partial charge in [0.05, 0.1) is 18.4 Å². The summed E-state index contributed by atoms with van der Waals surface area (Å²) in [6.45, 7) is 7.73. The number of thioether (sulfide) groups is 1. The van der Waals surface area contributed by atoms with Crippen LogP contribution in [-0.4, -0.2) is 42.1 Å². The van der Waals surface area contributed by atoms with Crippen LogP contribution in [0.25, 0.3) is 0 Å². The molecule has 1 aromatic carbocycles. The number of aromatic nitrogens is 2. The molecular weight excluding hydrogens is 380 g/mol. The number of hydrogen-bond donors (Lipinski definition) is 2. The third-order valence-electron chi connectivity index (χ3n) is 3.82. The average Bonchev–Trinajstić information content (AvgIpc) is 3.08. The standard InChI is InChI=1S/C19H28N4O2S2/c1-13(2)11-15-5-7-16(8-6-15)14(3)21-17(24)12-26-19-23-22-18(27-19)20-9-10-25-4/h5-8,13-14H,9-12H2,1-4H3,(H,20,22)(H,21,24). The molecule has 0 bridgehead atoms. The van der Waals surface area contributed by atoms with E-state index < -0.39 is 0 Å². The zero-order valence-electron chi connectivity index (χ0n) is 16.3. The summed E-state index contributed by atoms with van der Waals surface area (Å²) in [5.41, 5.74) is 2.44. The van der Waals surface area contributed by atoms with Crippen LogP contribution in [0.15, 0.2) is 28.6 Å². The highest BCUT2D eigenvalue weighted by atomic mass is 32.2. The van der Waals surface area contributed by atoms with Crippen LogP contribution in [0.2, 0.25) is 0 Å². The van der Waals surface area contributed by atoms with Crippen molar-refractivity contribution in [2.24, 2.45) is 5.92 Å². The van der Waals surface area contributed by atoms with Gasteiger partial charge < -0.3 is 15.4 Å². The Morgan fingerprint density at radius 2 is 1.96 bits per heavy atom. The van der Waals surface area contributed by atoms with Crippen molar-refractivity contribution in [2.75, 3.05) is 31.3 Å². The summed E-state index contributed by atoms with van der Waals surface area (Å²) in [6, 6.07) is 8.46. The van der Waals surface area contributed by atoms with Gasteiger partial charge >= 0.3 is 0 Å². The molecule has 27 heavy (non-hydrogen) atoms. The van der Waals surface area contributed by atoms with E-state index in [1.807, 2.05) is 6.92 Å². The molecule has 2 N–H and O–H groups in total. The summed E-state index contributed by atoms with van der Waals surface area (Å²) < 4.78 is 5.76. The first-order valence-corrected chi connectivity index (χ1v) is 10.9. The number of methoxy groups -OCH3 is 1. The lowest BCUT2D eigenvalue weighted by atomic mass is 10.00. The number of anilines is 1. The van der Waals surface area contributed by atoms with E-state index >= 15 is 0 Å². The second-order valence-electron chi connectivity index (χ2n) is 6.71. The fourth-order valence-corrected chi connectivity index (χ4v) is 4.10. The normalized spacial score (nSPS) is 12.2. The number of hydrogen-bond acceptors (Lipinski definition) is 7. The molecule has 2 aromatic rings. The zero-order valence-corrected chi connectivity index (χ0v) is 18.0. The molecule has 1 atom stereocenters. The first kappa shape index (κ1) is 21.7. The second kappa shape index (κ2) is 11.3. The molecule has 0 saturated heterocycles. The molecule has 0 saturated carbocycles. The van der Waals surface area contributed by atoms with E-state index in [-0.39, 0.29) is 11.9 Å². The van der Waals surface area contributed by atoms with Crippen molar-refractivity contribution in [1.29, 1.82) is 0 Å². The number of nitrogens with zero attached hydrogens (tertiary/aromatic N) is 2. The Labute approximate surface area is 169 Å². The minimum atomic E-state index is -0.0214. The highest BCUT2D eigenvalue weighted by Crippen LogP contribution is 2.25. The van der Waals surface area contributed by atoms with Crippen molar-refractivity contribution in [3.63, 3.8) is 0 Å². The summed E-state index contributed by atoms with van der Waals surface area (Å²) >= 11 is 2.84.